The number of nitrogens with zero attached hydrogens (tertiary/aromatic N) is 2. The average molecular weight is 330 g/mol. The molecule has 2 aromatic rings. The van der Waals surface area contributed by atoms with Crippen LogP contribution in [-0.4, -0.2) is 49.2 Å². The van der Waals surface area contributed by atoms with Gasteiger partial charge in [-0.2, -0.15) is 0 Å². The summed E-state index contributed by atoms with van der Waals surface area (Å²) in [4.78, 5) is 18.4. The van der Waals surface area contributed by atoms with Crippen LogP contribution in [0.25, 0.3) is 16.6 Å². The van der Waals surface area contributed by atoms with Gasteiger partial charge in [0.1, 0.15) is 10.8 Å². The number of hydrogen-bond donors (Lipinski definition) is 0. The second-order valence-electron chi connectivity index (χ2n) is 5.08. The van der Waals surface area contributed by atoms with E-state index in [1.54, 1.807) is 35.5 Å². The monoisotopic (exact) mass is 330 g/mol. The minimum Gasteiger partial charge on any atom is -0.497 e. The highest BCUT2D eigenvalue weighted by Gasteiger charge is 2.14. The van der Waals surface area contributed by atoms with Crippen LogP contribution >= 0.6 is 11.3 Å². The Kier molecular flexibility index (Phi) is 5.05. The zero-order valence-corrected chi connectivity index (χ0v) is 13.7. The molecule has 0 bridgehead atoms. The van der Waals surface area contributed by atoms with Gasteiger partial charge in [0, 0.05) is 30.1 Å². The van der Waals surface area contributed by atoms with E-state index in [0.717, 1.165) is 22.0 Å². The van der Waals surface area contributed by atoms with E-state index in [2.05, 4.69) is 4.98 Å². The summed E-state index contributed by atoms with van der Waals surface area (Å²) in [7, 11) is 1.65. The van der Waals surface area contributed by atoms with Crippen LogP contribution in [0.15, 0.2) is 35.7 Å². The first kappa shape index (κ1) is 15.7. The molecule has 23 heavy (non-hydrogen) atoms. The Morgan fingerprint density at radius 1 is 1.30 bits per heavy atom. The van der Waals surface area contributed by atoms with E-state index in [1.165, 1.54) is 0 Å². The minimum atomic E-state index is 0.00676. The number of hydrogen-bond acceptors (Lipinski definition) is 5. The van der Waals surface area contributed by atoms with Crippen LogP contribution in [0.5, 0.6) is 5.75 Å². The summed E-state index contributed by atoms with van der Waals surface area (Å²) >= 11 is 1.56. The molecule has 0 unspecified atom stereocenters. The lowest BCUT2D eigenvalue weighted by Gasteiger charge is -2.25. The summed E-state index contributed by atoms with van der Waals surface area (Å²) < 4.78 is 10.4. The van der Waals surface area contributed by atoms with Crippen LogP contribution in [0, 0.1) is 0 Å². The second-order valence-corrected chi connectivity index (χ2v) is 5.94. The number of amides is 1. The molecule has 1 aliphatic rings. The number of ether oxygens (including phenoxy) is 2. The van der Waals surface area contributed by atoms with Crippen molar-refractivity contribution in [1.82, 2.24) is 9.88 Å². The van der Waals surface area contributed by atoms with Crippen molar-refractivity contribution in [2.45, 2.75) is 0 Å². The third-order valence-corrected chi connectivity index (χ3v) is 4.49. The number of rotatable bonds is 4. The van der Waals surface area contributed by atoms with Gasteiger partial charge >= 0.3 is 0 Å². The molecule has 0 atom stereocenters. The fraction of sp³-hybridized carbons (Fsp3) is 0.294. The Bertz CT molecular complexity index is 688. The first-order chi connectivity index (χ1) is 11.3. The Balaban J connectivity index is 1.66. The zero-order valence-electron chi connectivity index (χ0n) is 12.9. The molecule has 3 rings (SSSR count). The number of aromatic nitrogens is 1. The molecule has 0 N–H and O–H groups in total. The van der Waals surface area contributed by atoms with Crippen LogP contribution in [0.2, 0.25) is 0 Å². The molecule has 120 valence electrons. The van der Waals surface area contributed by atoms with Crippen molar-refractivity contribution in [3.63, 3.8) is 0 Å². The Morgan fingerprint density at radius 3 is 2.74 bits per heavy atom. The normalized spacial score (nSPS) is 15.1. The number of morpholine rings is 1. The molecule has 0 radical (unpaired) electrons. The molecule has 0 saturated carbocycles. The fourth-order valence-corrected chi connectivity index (χ4v) is 3.07. The minimum absolute atomic E-state index is 0.00676. The summed E-state index contributed by atoms with van der Waals surface area (Å²) in [6.07, 6.45) is 3.35. The van der Waals surface area contributed by atoms with Gasteiger partial charge in [-0.1, -0.05) is 0 Å². The van der Waals surface area contributed by atoms with Gasteiger partial charge in [0.25, 0.3) is 0 Å². The van der Waals surface area contributed by atoms with Crippen molar-refractivity contribution in [1.29, 1.82) is 0 Å². The SMILES string of the molecule is COc1ccc(-c2nc(/C=C/C(=O)N3CCOCC3)cs2)cc1. The van der Waals surface area contributed by atoms with Crippen molar-refractivity contribution in [2.75, 3.05) is 33.4 Å². The highest BCUT2D eigenvalue weighted by atomic mass is 32.1. The summed E-state index contributed by atoms with van der Waals surface area (Å²) in [5, 5.41) is 2.87. The molecule has 1 fully saturated rings. The first-order valence-electron chi connectivity index (χ1n) is 7.41. The highest BCUT2D eigenvalue weighted by Crippen LogP contribution is 2.26. The first-order valence-corrected chi connectivity index (χ1v) is 8.29. The summed E-state index contributed by atoms with van der Waals surface area (Å²) in [6, 6.07) is 7.77. The smallest absolute Gasteiger partial charge is 0.246 e. The van der Waals surface area contributed by atoms with Crippen molar-refractivity contribution >= 4 is 23.3 Å². The van der Waals surface area contributed by atoms with E-state index in [4.69, 9.17) is 9.47 Å². The second kappa shape index (κ2) is 7.39. The molecule has 2 heterocycles. The quantitative estimate of drug-likeness (QED) is 0.809. The van der Waals surface area contributed by atoms with Crippen LogP contribution < -0.4 is 4.74 Å². The van der Waals surface area contributed by atoms with Gasteiger partial charge in [-0.05, 0) is 30.3 Å². The standard InChI is InChI=1S/C17H18N2O3S/c1-21-15-5-2-13(3-6-15)17-18-14(12-23-17)4-7-16(20)19-8-10-22-11-9-19/h2-7,12H,8-11H2,1H3/b7-4+. The molecule has 6 heteroatoms. The predicted octanol–water partition coefficient (Wildman–Crippen LogP) is 2.69. The number of benzene rings is 1. The van der Waals surface area contributed by atoms with Gasteiger partial charge in [0.05, 0.1) is 26.0 Å². The molecule has 5 nitrogen and oxygen atoms in total. The van der Waals surface area contributed by atoms with E-state index in [9.17, 15) is 4.79 Å². The lowest BCUT2D eigenvalue weighted by molar-refractivity contribution is -0.129. The lowest BCUT2D eigenvalue weighted by Crippen LogP contribution is -2.39. The third kappa shape index (κ3) is 3.97. The van der Waals surface area contributed by atoms with E-state index in [0.29, 0.717) is 26.3 Å². The fourth-order valence-electron chi connectivity index (χ4n) is 2.27. The Hall–Kier alpha value is -2.18. The van der Waals surface area contributed by atoms with Crippen LogP contribution in [-0.2, 0) is 9.53 Å². The van der Waals surface area contributed by atoms with Crippen molar-refractivity contribution in [3.05, 3.63) is 41.4 Å². The van der Waals surface area contributed by atoms with Crippen LogP contribution in [0.4, 0.5) is 0 Å². The van der Waals surface area contributed by atoms with Gasteiger partial charge in [0.2, 0.25) is 5.91 Å². The summed E-state index contributed by atoms with van der Waals surface area (Å²) in [6.45, 7) is 2.52. The number of carbonyl (C=O) groups is 1. The number of methoxy groups -OCH3 is 1. The van der Waals surface area contributed by atoms with E-state index in [-0.39, 0.29) is 5.91 Å². The lowest BCUT2D eigenvalue weighted by atomic mass is 10.2. The maximum atomic E-state index is 12.1. The van der Waals surface area contributed by atoms with E-state index < -0.39 is 0 Å². The molecular weight excluding hydrogens is 312 g/mol. The number of thiazole rings is 1. The molecule has 0 spiro atoms. The maximum absolute atomic E-state index is 12.1. The molecule has 1 saturated heterocycles. The van der Waals surface area contributed by atoms with Gasteiger partial charge in [-0.25, -0.2) is 4.98 Å². The Labute approximate surface area is 139 Å². The largest absolute Gasteiger partial charge is 0.497 e. The molecule has 1 aromatic carbocycles. The van der Waals surface area contributed by atoms with Gasteiger partial charge in [-0.3, -0.25) is 4.79 Å². The molecule has 1 aromatic heterocycles. The van der Waals surface area contributed by atoms with Gasteiger partial charge in [-0.15, -0.1) is 11.3 Å². The van der Waals surface area contributed by atoms with E-state index in [1.807, 2.05) is 29.6 Å². The molecule has 1 aliphatic heterocycles. The molecular formula is C17H18N2O3S. The number of carbonyl (C=O) groups excluding carboxylic acids is 1. The average Bonchev–Trinajstić information content (AvgIpc) is 3.09. The van der Waals surface area contributed by atoms with Crippen molar-refractivity contribution in [3.8, 4) is 16.3 Å². The van der Waals surface area contributed by atoms with Crippen molar-refractivity contribution in [2.24, 2.45) is 0 Å². The molecule has 1 amide bonds. The molecule has 0 aliphatic carbocycles. The third-order valence-electron chi connectivity index (χ3n) is 3.58. The maximum Gasteiger partial charge on any atom is 0.246 e. The summed E-state index contributed by atoms with van der Waals surface area (Å²) in [5.41, 5.74) is 1.83. The summed E-state index contributed by atoms with van der Waals surface area (Å²) in [5.74, 6) is 0.828. The zero-order chi connectivity index (χ0) is 16.1. The van der Waals surface area contributed by atoms with Crippen LogP contribution in [0.3, 0.4) is 0 Å². The predicted molar refractivity (Wildman–Crippen MR) is 90.5 cm³/mol. The van der Waals surface area contributed by atoms with Gasteiger partial charge in [0.15, 0.2) is 0 Å². The van der Waals surface area contributed by atoms with E-state index >= 15 is 0 Å². The van der Waals surface area contributed by atoms with Crippen LogP contribution in [0.1, 0.15) is 5.69 Å². The van der Waals surface area contributed by atoms with Crippen molar-refractivity contribution < 1.29 is 14.3 Å². The highest BCUT2D eigenvalue weighted by molar-refractivity contribution is 7.13. The Morgan fingerprint density at radius 2 is 2.04 bits per heavy atom. The van der Waals surface area contributed by atoms with Gasteiger partial charge < -0.3 is 14.4 Å². The topological polar surface area (TPSA) is 51.7 Å².